The van der Waals surface area contributed by atoms with E-state index >= 15 is 0 Å². The van der Waals surface area contributed by atoms with Crippen molar-refractivity contribution in [2.45, 2.75) is 24.0 Å². The van der Waals surface area contributed by atoms with E-state index in [2.05, 4.69) is 5.10 Å². The van der Waals surface area contributed by atoms with Gasteiger partial charge in [0, 0.05) is 18.1 Å². The van der Waals surface area contributed by atoms with Gasteiger partial charge in [0.15, 0.2) is 0 Å². The monoisotopic (exact) mass is 214 g/mol. The van der Waals surface area contributed by atoms with Crippen molar-refractivity contribution in [2.75, 3.05) is 6.61 Å². The average molecular weight is 214 g/mol. The maximum atomic E-state index is 11.3. The number of carbonyl (C=O) groups is 1. The standard InChI is InChI=1S/C9H14N2O2S/c1-4-13-9(12)7(2)14-8-5-10-11(3)6-8/h5-7H,4H2,1-3H3. The molecule has 0 aliphatic heterocycles. The highest BCUT2D eigenvalue weighted by Crippen LogP contribution is 2.22. The third-order valence-electron chi connectivity index (χ3n) is 1.61. The Morgan fingerprint density at radius 2 is 2.50 bits per heavy atom. The number of nitrogens with zero attached hydrogens (tertiary/aromatic N) is 2. The Morgan fingerprint density at radius 3 is 3.00 bits per heavy atom. The van der Waals surface area contributed by atoms with Gasteiger partial charge in [-0.3, -0.25) is 9.48 Å². The Balaban J connectivity index is 2.48. The van der Waals surface area contributed by atoms with Crippen LogP contribution in [-0.4, -0.2) is 27.6 Å². The van der Waals surface area contributed by atoms with Crippen molar-refractivity contribution in [2.24, 2.45) is 7.05 Å². The second-order valence-corrected chi connectivity index (χ2v) is 4.28. The van der Waals surface area contributed by atoms with Gasteiger partial charge in [-0.25, -0.2) is 0 Å². The maximum absolute atomic E-state index is 11.3. The van der Waals surface area contributed by atoms with Gasteiger partial charge in [-0.15, -0.1) is 11.8 Å². The predicted octanol–water partition coefficient (Wildman–Crippen LogP) is 1.46. The van der Waals surface area contributed by atoms with Crippen molar-refractivity contribution in [3.63, 3.8) is 0 Å². The van der Waals surface area contributed by atoms with Gasteiger partial charge in [0.1, 0.15) is 5.25 Å². The zero-order valence-corrected chi connectivity index (χ0v) is 9.37. The molecule has 4 nitrogen and oxygen atoms in total. The lowest BCUT2D eigenvalue weighted by Crippen LogP contribution is -2.16. The molecule has 1 heterocycles. The Morgan fingerprint density at radius 1 is 1.79 bits per heavy atom. The minimum absolute atomic E-state index is 0.179. The third kappa shape index (κ3) is 3.06. The molecule has 0 bridgehead atoms. The van der Waals surface area contributed by atoms with Gasteiger partial charge in [-0.05, 0) is 13.8 Å². The van der Waals surface area contributed by atoms with Crippen LogP contribution in [0, 0.1) is 0 Å². The summed E-state index contributed by atoms with van der Waals surface area (Å²) in [5, 5.41) is 3.84. The molecule has 14 heavy (non-hydrogen) atoms. The molecule has 1 atom stereocenters. The van der Waals surface area contributed by atoms with E-state index in [9.17, 15) is 4.79 Å². The molecule has 1 aromatic rings. The van der Waals surface area contributed by atoms with Gasteiger partial charge >= 0.3 is 5.97 Å². The zero-order valence-electron chi connectivity index (χ0n) is 8.56. The van der Waals surface area contributed by atoms with Crippen LogP contribution in [0.2, 0.25) is 0 Å². The van der Waals surface area contributed by atoms with E-state index in [0.717, 1.165) is 4.90 Å². The summed E-state index contributed by atoms with van der Waals surface area (Å²) in [5.41, 5.74) is 0. The lowest BCUT2D eigenvalue weighted by molar-refractivity contribution is -0.142. The van der Waals surface area contributed by atoms with Gasteiger partial charge < -0.3 is 4.74 Å². The van der Waals surface area contributed by atoms with Crippen LogP contribution in [-0.2, 0) is 16.6 Å². The Bertz CT molecular complexity index is 312. The zero-order chi connectivity index (χ0) is 10.6. The highest BCUT2D eigenvalue weighted by molar-refractivity contribution is 8.00. The SMILES string of the molecule is CCOC(=O)C(C)Sc1cnn(C)c1. The Kier molecular flexibility index (Phi) is 4.00. The number of thioether (sulfide) groups is 1. The largest absolute Gasteiger partial charge is 0.465 e. The molecule has 0 spiro atoms. The minimum Gasteiger partial charge on any atom is -0.465 e. The van der Waals surface area contributed by atoms with E-state index in [-0.39, 0.29) is 11.2 Å². The van der Waals surface area contributed by atoms with E-state index in [1.54, 1.807) is 17.8 Å². The number of esters is 1. The van der Waals surface area contributed by atoms with E-state index in [1.807, 2.05) is 20.2 Å². The van der Waals surface area contributed by atoms with E-state index < -0.39 is 0 Å². The van der Waals surface area contributed by atoms with Crippen molar-refractivity contribution >= 4 is 17.7 Å². The third-order valence-corrected chi connectivity index (χ3v) is 2.64. The molecule has 0 fully saturated rings. The second kappa shape index (κ2) is 5.05. The summed E-state index contributed by atoms with van der Waals surface area (Å²) in [6.45, 7) is 4.06. The first-order chi connectivity index (χ1) is 6.63. The molecular weight excluding hydrogens is 200 g/mol. The van der Waals surface area contributed by atoms with Crippen LogP contribution < -0.4 is 0 Å². The van der Waals surface area contributed by atoms with E-state index in [4.69, 9.17) is 4.74 Å². The molecule has 0 aliphatic rings. The number of aryl methyl sites for hydroxylation is 1. The summed E-state index contributed by atoms with van der Waals surface area (Å²) in [6.07, 6.45) is 3.61. The number of hydrogen-bond acceptors (Lipinski definition) is 4. The summed E-state index contributed by atoms with van der Waals surface area (Å²) in [4.78, 5) is 12.3. The minimum atomic E-state index is -0.181. The molecule has 78 valence electrons. The summed E-state index contributed by atoms with van der Waals surface area (Å²) >= 11 is 1.45. The fourth-order valence-electron chi connectivity index (χ4n) is 0.971. The fraction of sp³-hybridized carbons (Fsp3) is 0.556. The quantitative estimate of drug-likeness (QED) is 0.562. The topological polar surface area (TPSA) is 44.1 Å². The summed E-state index contributed by atoms with van der Waals surface area (Å²) in [5.74, 6) is -0.179. The number of rotatable bonds is 4. The first-order valence-corrected chi connectivity index (χ1v) is 5.33. The van der Waals surface area contributed by atoms with Gasteiger partial charge in [0.05, 0.1) is 12.8 Å². The molecule has 0 aliphatic carbocycles. The summed E-state index contributed by atoms with van der Waals surface area (Å²) < 4.78 is 6.60. The Hall–Kier alpha value is -0.970. The van der Waals surface area contributed by atoms with Crippen LogP contribution in [0.4, 0.5) is 0 Å². The van der Waals surface area contributed by atoms with Crippen LogP contribution in [0.5, 0.6) is 0 Å². The summed E-state index contributed by atoms with van der Waals surface area (Å²) in [6, 6.07) is 0. The number of carbonyl (C=O) groups excluding carboxylic acids is 1. The highest BCUT2D eigenvalue weighted by atomic mass is 32.2. The molecule has 0 radical (unpaired) electrons. The lowest BCUT2D eigenvalue weighted by Gasteiger charge is -2.07. The van der Waals surface area contributed by atoms with Crippen molar-refractivity contribution in [3.05, 3.63) is 12.4 Å². The van der Waals surface area contributed by atoms with Crippen molar-refractivity contribution < 1.29 is 9.53 Å². The molecule has 0 saturated carbocycles. The number of aromatic nitrogens is 2. The molecule has 0 saturated heterocycles. The smallest absolute Gasteiger partial charge is 0.319 e. The summed E-state index contributed by atoms with van der Waals surface area (Å²) in [7, 11) is 1.85. The highest BCUT2D eigenvalue weighted by Gasteiger charge is 2.15. The normalized spacial score (nSPS) is 12.5. The average Bonchev–Trinajstić information content (AvgIpc) is 2.51. The van der Waals surface area contributed by atoms with Gasteiger partial charge in [-0.2, -0.15) is 5.10 Å². The fourth-order valence-corrected chi connectivity index (χ4v) is 1.87. The molecular formula is C9H14N2O2S. The molecule has 1 rings (SSSR count). The van der Waals surface area contributed by atoms with E-state index in [1.165, 1.54) is 11.8 Å². The first-order valence-electron chi connectivity index (χ1n) is 4.45. The number of hydrogen-bond donors (Lipinski definition) is 0. The first kappa shape index (κ1) is 11.1. The molecule has 1 unspecified atom stereocenters. The van der Waals surface area contributed by atoms with Crippen molar-refractivity contribution in [1.82, 2.24) is 9.78 Å². The molecule has 0 aromatic carbocycles. The van der Waals surface area contributed by atoms with Crippen LogP contribution in [0.25, 0.3) is 0 Å². The number of ether oxygens (including phenoxy) is 1. The van der Waals surface area contributed by atoms with Crippen molar-refractivity contribution in [3.8, 4) is 0 Å². The lowest BCUT2D eigenvalue weighted by atomic mass is 10.5. The molecule has 0 N–H and O–H groups in total. The van der Waals surface area contributed by atoms with Gasteiger partial charge in [0.25, 0.3) is 0 Å². The molecule has 1 aromatic heterocycles. The van der Waals surface area contributed by atoms with E-state index in [0.29, 0.717) is 6.61 Å². The van der Waals surface area contributed by atoms with Crippen LogP contribution in [0.1, 0.15) is 13.8 Å². The van der Waals surface area contributed by atoms with Gasteiger partial charge in [-0.1, -0.05) is 0 Å². The van der Waals surface area contributed by atoms with Gasteiger partial charge in [0.2, 0.25) is 0 Å². The van der Waals surface area contributed by atoms with Crippen LogP contribution >= 0.6 is 11.8 Å². The van der Waals surface area contributed by atoms with Crippen molar-refractivity contribution in [1.29, 1.82) is 0 Å². The van der Waals surface area contributed by atoms with Crippen LogP contribution in [0.3, 0.4) is 0 Å². The molecule has 5 heteroatoms. The second-order valence-electron chi connectivity index (χ2n) is 2.86. The molecule has 0 amide bonds. The van der Waals surface area contributed by atoms with Crippen LogP contribution in [0.15, 0.2) is 17.3 Å². The maximum Gasteiger partial charge on any atom is 0.319 e. The Labute approximate surface area is 87.6 Å². The predicted molar refractivity (Wildman–Crippen MR) is 55.2 cm³/mol.